The van der Waals surface area contributed by atoms with E-state index in [-0.39, 0.29) is 12.6 Å². The largest absolute Gasteiger partial charge is 0.395 e. The summed E-state index contributed by atoms with van der Waals surface area (Å²) >= 11 is 0. The SMILES string of the molecule is CC(C)[C@@H](CO)NCc1ccccc1C1CC1. The van der Waals surface area contributed by atoms with Gasteiger partial charge < -0.3 is 10.4 Å². The van der Waals surface area contributed by atoms with Crippen molar-refractivity contribution in [2.75, 3.05) is 6.61 Å². The van der Waals surface area contributed by atoms with Gasteiger partial charge in [-0.3, -0.25) is 0 Å². The van der Waals surface area contributed by atoms with Gasteiger partial charge in [-0.25, -0.2) is 0 Å². The minimum Gasteiger partial charge on any atom is -0.395 e. The molecule has 2 N–H and O–H groups in total. The lowest BCUT2D eigenvalue weighted by Crippen LogP contribution is -2.36. The van der Waals surface area contributed by atoms with E-state index in [9.17, 15) is 5.11 Å². The molecule has 0 unspecified atom stereocenters. The number of rotatable bonds is 6. The summed E-state index contributed by atoms with van der Waals surface area (Å²) in [5.74, 6) is 1.26. The third-order valence-corrected chi connectivity index (χ3v) is 3.63. The molecule has 2 rings (SSSR count). The number of hydrogen-bond donors (Lipinski definition) is 2. The number of nitrogens with one attached hydrogen (secondary N) is 1. The highest BCUT2D eigenvalue weighted by Crippen LogP contribution is 2.41. The summed E-state index contributed by atoms with van der Waals surface area (Å²) in [5.41, 5.74) is 2.90. The normalized spacial score (nSPS) is 17.4. The fourth-order valence-corrected chi connectivity index (χ4v) is 2.24. The summed E-state index contributed by atoms with van der Waals surface area (Å²) in [6.45, 7) is 5.36. The Morgan fingerprint density at radius 1 is 1.29 bits per heavy atom. The van der Waals surface area contributed by atoms with Crippen LogP contribution in [0.2, 0.25) is 0 Å². The zero-order valence-corrected chi connectivity index (χ0v) is 10.8. The summed E-state index contributed by atoms with van der Waals surface area (Å²) in [6.07, 6.45) is 2.68. The molecule has 0 radical (unpaired) electrons. The molecular weight excluding hydrogens is 210 g/mol. The Morgan fingerprint density at radius 2 is 2.00 bits per heavy atom. The molecule has 0 aromatic heterocycles. The molecule has 0 heterocycles. The van der Waals surface area contributed by atoms with Crippen molar-refractivity contribution >= 4 is 0 Å². The predicted octanol–water partition coefficient (Wildman–Crippen LogP) is 2.67. The fourth-order valence-electron chi connectivity index (χ4n) is 2.24. The molecule has 1 aromatic carbocycles. The monoisotopic (exact) mass is 233 g/mol. The van der Waals surface area contributed by atoms with Gasteiger partial charge in [0.1, 0.15) is 0 Å². The van der Waals surface area contributed by atoms with Crippen LogP contribution in [0.3, 0.4) is 0 Å². The van der Waals surface area contributed by atoms with Gasteiger partial charge in [-0.15, -0.1) is 0 Å². The van der Waals surface area contributed by atoms with Crippen LogP contribution in [0.1, 0.15) is 43.7 Å². The molecule has 0 aliphatic heterocycles. The van der Waals surface area contributed by atoms with E-state index < -0.39 is 0 Å². The van der Waals surface area contributed by atoms with E-state index in [4.69, 9.17) is 0 Å². The van der Waals surface area contributed by atoms with Gasteiger partial charge in [0.25, 0.3) is 0 Å². The Morgan fingerprint density at radius 3 is 2.59 bits per heavy atom. The van der Waals surface area contributed by atoms with Gasteiger partial charge >= 0.3 is 0 Å². The third kappa shape index (κ3) is 3.30. The molecule has 0 saturated heterocycles. The van der Waals surface area contributed by atoms with E-state index in [0.717, 1.165) is 12.5 Å². The van der Waals surface area contributed by atoms with Crippen molar-refractivity contribution in [1.29, 1.82) is 0 Å². The van der Waals surface area contributed by atoms with Crippen LogP contribution in [0.25, 0.3) is 0 Å². The zero-order chi connectivity index (χ0) is 12.3. The maximum absolute atomic E-state index is 9.30. The second-order valence-electron chi connectivity index (χ2n) is 5.39. The lowest BCUT2D eigenvalue weighted by Gasteiger charge is -2.21. The molecule has 1 aliphatic rings. The molecular formula is C15H23NO. The van der Waals surface area contributed by atoms with Gasteiger partial charge in [0.05, 0.1) is 6.61 Å². The fraction of sp³-hybridized carbons (Fsp3) is 0.600. The first kappa shape index (κ1) is 12.6. The molecule has 1 aromatic rings. The lowest BCUT2D eigenvalue weighted by atomic mass is 10.0. The summed E-state index contributed by atoms with van der Waals surface area (Å²) in [4.78, 5) is 0. The lowest BCUT2D eigenvalue weighted by molar-refractivity contribution is 0.210. The first-order chi connectivity index (χ1) is 8.22. The van der Waals surface area contributed by atoms with Crippen molar-refractivity contribution in [3.8, 4) is 0 Å². The van der Waals surface area contributed by atoms with Crippen LogP contribution in [0, 0.1) is 5.92 Å². The Balaban J connectivity index is 1.98. The van der Waals surface area contributed by atoms with Crippen LogP contribution in [0.4, 0.5) is 0 Å². The first-order valence-corrected chi connectivity index (χ1v) is 6.64. The highest BCUT2D eigenvalue weighted by molar-refractivity contribution is 5.33. The highest BCUT2D eigenvalue weighted by atomic mass is 16.3. The zero-order valence-electron chi connectivity index (χ0n) is 10.8. The van der Waals surface area contributed by atoms with Crippen molar-refractivity contribution in [3.63, 3.8) is 0 Å². The minimum absolute atomic E-state index is 0.197. The second kappa shape index (κ2) is 5.65. The summed E-state index contributed by atoms with van der Waals surface area (Å²) in [7, 11) is 0. The van der Waals surface area contributed by atoms with Crippen LogP contribution in [0.15, 0.2) is 24.3 Å². The predicted molar refractivity (Wildman–Crippen MR) is 71.0 cm³/mol. The number of hydrogen-bond acceptors (Lipinski definition) is 2. The molecule has 0 spiro atoms. The van der Waals surface area contributed by atoms with E-state index in [0.29, 0.717) is 5.92 Å². The van der Waals surface area contributed by atoms with Crippen molar-refractivity contribution in [2.45, 2.75) is 45.2 Å². The Kier molecular flexibility index (Phi) is 4.19. The maximum atomic E-state index is 9.30. The third-order valence-electron chi connectivity index (χ3n) is 3.63. The molecule has 1 fully saturated rings. The molecule has 0 amide bonds. The summed E-state index contributed by atoms with van der Waals surface area (Å²) < 4.78 is 0. The summed E-state index contributed by atoms with van der Waals surface area (Å²) in [5, 5.41) is 12.8. The second-order valence-corrected chi connectivity index (χ2v) is 5.39. The average Bonchev–Trinajstić information content (AvgIpc) is 3.14. The quantitative estimate of drug-likeness (QED) is 0.791. The topological polar surface area (TPSA) is 32.3 Å². The van der Waals surface area contributed by atoms with Gasteiger partial charge in [-0.05, 0) is 35.8 Å². The molecule has 1 saturated carbocycles. The minimum atomic E-state index is 0.197. The van der Waals surface area contributed by atoms with Gasteiger partial charge in [0.15, 0.2) is 0 Å². The van der Waals surface area contributed by atoms with Crippen molar-refractivity contribution < 1.29 is 5.11 Å². The van der Waals surface area contributed by atoms with E-state index in [2.05, 4.69) is 43.4 Å². The van der Waals surface area contributed by atoms with Crippen LogP contribution in [-0.4, -0.2) is 17.8 Å². The standard InChI is InChI=1S/C15H23NO/c1-11(2)15(10-17)16-9-13-5-3-4-6-14(13)12-7-8-12/h3-6,11-12,15-17H,7-10H2,1-2H3/t15-/m1/s1. The highest BCUT2D eigenvalue weighted by Gasteiger charge is 2.25. The Labute approximate surface area is 104 Å². The van der Waals surface area contributed by atoms with Crippen LogP contribution in [-0.2, 0) is 6.54 Å². The number of aliphatic hydroxyl groups is 1. The van der Waals surface area contributed by atoms with Gasteiger partial charge in [-0.2, -0.15) is 0 Å². The molecule has 1 atom stereocenters. The molecule has 1 aliphatic carbocycles. The average molecular weight is 233 g/mol. The first-order valence-electron chi connectivity index (χ1n) is 6.64. The van der Waals surface area contributed by atoms with Gasteiger partial charge in [0, 0.05) is 12.6 Å². The van der Waals surface area contributed by atoms with E-state index in [1.807, 2.05) is 0 Å². The summed E-state index contributed by atoms with van der Waals surface area (Å²) in [6, 6.07) is 8.88. The van der Waals surface area contributed by atoms with Crippen molar-refractivity contribution in [2.24, 2.45) is 5.92 Å². The Bertz CT molecular complexity index is 358. The van der Waals surface area contributed by atoms with Crippen LogP contribution in [0.5, 0.6) is 0 Å². The number of aliphatic hydroxyl groups excluding tert-OH is 1. The van der Waals surface area contributed by atoms with E-state index >= 15 is 0 Å². The van der Waals surface area contributed by atoms with E-state index in [1.54, 1.807) is 0 Å². The number of benzene rings is 1. The molecule has 0 bridgehead atoms. The smallest absolute Gasteiger partial charge is 0.0587 e. The maximum Gasteiger partial charge on any atom is 0.0587 e. The van der Waals surface area contributed by atoms with E-state index in [1.165, 1.54) is 24.0 Å². The van der Waals surface area contributed by atoms with Crippen molar-refractivity contribution in [1.82, 2.24) is 5.32 Å². The molecule has 17 heavy (non-hydrogen) atoms. The van der Waals surface area contributed by atoms with Crippen LogP contribution < -0.4 is 5.32 Å². The van der Waals surface area contributed by atoms with Gasteiger partial charge in [-0.1, -0.05) is 38.1 Å². The molecule has 94 valence electrons. The Hall–Kier alpha value is -0.860. The van der Waals surface area contributed by atoms with Gasteiger partial charge in [0.2, 0.25) is 0 Å². The molecule has 2 nitrogen and oxygen atoms in total. The molecule has 2 heteroatoms. The van der Waals surface area contributed by atoms with Crippen LogP contribution >= 0.6 is 0 Å². The van der Waals surface area contributed by atoms with Crippen molar-refractivity contribution in [3.05, 3.63) is 35.4 Å².